The first kappa shape index (κ1) is 15.4. The molecular weight excluding hydrogens is 417 g/mol. The van der Waals surface area contributed by atoms with Crippen LogP contribution >= 0.6 is 57.4 Å². The van der Waals surface area contributed by atoms with Gasteiger partial charge in [-0.1, -0.05) is 40.9 Å². The van der Waals surface area contributed by atoms with Crippen molar-refractivity contribution < 1.29 is 5.11 Å². The van der Waals surface area contributed by atoms with Crippen molar-refractivity contribution in [3.05, 3.63) is 66.2 Å². The predicted octanol–water partition coefficient (Wildman–Crippen LogP) is 5.53. The fourth-order valence-corrected chi connectivity index (χ4v) is 2.66. The minimum Gasteiger partial charge on any atom is -0.388 e. The van der Waals surface area contributed by atoms with Crippen molar-refractivity contribution in [3.63, 3.8) is 0 Å². The van der Waals surface area contributed by atoms with Gasteiger partial charge in [-0.3, -0.25) is 0 Å². The Labute approximate surface area is 140 Å². The van der Waals surface area contributed by atoms with Gasteiger partial charge in [0.25, 0.3) is 0 Å². The maximum absolute atomic E-state index is 10.2. The third-order valence-corrected chi connectivity index (χ3v) is 4.93. The Balaban J connectivity index is 2.22. The maximum Gasteiger partial charge on any atom is 0.0831 e. The number of hydrogen-bond acceptors (Lipinski definition) is 1. The number of rotatable bonds is 3. The van der Waals surface area contributed by atoms with Crippen molar-refractivity contribution in [2.75, 3.05) is 0 Å². The molecule has 0 spiro atoms. The molecule has 0 bridgehead atoms. The van der Waals surface area contributed by atoms with E-state index in [1.54, 1.807) is 24.3 Å². The second-order valence-corrected chi connectivity index (χ2v) is 6.54. The van der Waals surface area contributed by atoms with E-state index in [1.807, 2.05) is 12.1 Å². The molecule has 100 valence electrons. The van der Waals surface area contributed by atoms with Crippen LogP contribution in [0.25, 0.3) is 0 Å². The van der Waals surface area contributed by atoms with Crippen LogP contribution in [-0.4, -0.2) is 5.11 Å². The first-order chi connectivity index (χ1) is 8.97. The van der Waals surface area contributed by atoms with Gasteiger partial charge in [0.1, 0.15) is 0 Å². The normalized spacial score (nSPS) is 12.5. The summed E-state index contributed by atoms with van der Waals surface area (Å²) in [4.78, 5) is 0. The Morgan fingerprint density at radius 3 is 2.42 bits per heavy atom. The van der Waals surface area contributed by atoms with Crippen molar-refractivity contribution in [2.24, 2.45) is 0 Å². The summed E-state index contributed by atoms with van der Waals surface area (Å²) in [6, 6.07) is 10.7. The standard InChI is InChI=1S/C14H10Cl3IO/c15-10-2-3-11(16)9(5-10)7-14(19)8-1-4-13(18)12(17)6-8/h1-6,14,19H,7H2. The molecule has 0 fully saturated rings. The predicted molar refractivity (Wildman–Crippen MR) is 89.3 cm³/mol. The molecule has 5 heteroatoms. The zero-order valence-electron chi connectivity index (χ0n) is 9.71. The lowest BCUT2D eigenvalue weighted by atomic mass is 10.0. The smallest absolute Gasteiger partial charge is 0.0831 e. The third kappa shape index (κ3) is 3.99. The SMILES string of the molecule is OC(Cc1cc(Cl)ccc1Cl)c1ccc(I)c(Cl)c1. The first-order valence-electron chi connectivity index (χ1n) is 5.54. The van der Waals surface area contributed by atoms with Crippen LogP contribution in [-0.2, 0) is 6.42 Å². The van der Waals surface area contributed by atoms with E-state index in [9.17, 15) is 5.11 Å². The average Bonchev–Trinajstić information content (AvgIpc) is 2.37. The van der Waals surface area contributed by atoms with E-state index >= 15 is 0 Å². The molecule has 0 amide bonds. The summed E-state index contributed by atoms with van der Waals surface area (Å²) in [7, 11) is 0. The molecule has 0 aliphatic rings. The zero-order valence-corrected chi connectivity index (χ0v) is 14.1. The fourth-order valence-electron chi connectivity index (χ4n) is 1.75. The lowest BCUT2D eigenvalue weighted by molar-refractivity contribution is 0.178. The molecule has 2 rings (SSSR count). The number of hydrogen-bond donors (Lipinski definition) is 1. The van der Waals surface area contributed by atoms with Crippen molar-refractivity contribution in [1.29, 1.82) is 0 Å². The van der Waals surface area contributed by atoms with Gasteiger partial charge in [0.2, 0.25) is 0 Å². The van der Waals surface area contributed by atoms with Crippen LogP contribution in [0.1, 0.15) is 17.2 Å². The quantitative estimate of drug-likeness (QED) is 0.639. The molecule has 1 atom stereocenters. The Morgan fingerprint density at radius 2 is 1.74 bits per heavy atom. The number of aliphatic hydroxyl groups excluding tert-OH is 1. The van der Waals surface area contributed by atoms with E-state index < -0.39 is 6.10 Å². The summed E-state index contributed by atoms with van der Waals surface area (Å²) >= 11 is 20.2. The van der Waals surface area contributed by atoms with Crippen LogP contribution < -0.4 is 0 Å². The fraction of sp³-hybridized carbons (Fsp3) is 0.143. The van der Waals surface area contributed by atoms with Gasteiger partial charge in [0, 0.05) is 20.0 Å². The lowest BCUT2D eigenvalue weighted by Gasteiger charge is -2.13. The highest BCUT2D eigenvalue weighted by atomic mass is 127. The van der Waals surface area contributed by atoms with Gasteiger partial charge >= 0.3 is 0 Å². The molecule has 1 N–H and O–H groups in total. The number of benzene rings is 2. The summed E-state index contributed by atoms with van der Waals surface area (Å²) in [6.45, 7) is 0. The molecule has 0 saturated carbocycles. The molecule has 19 heavy (non-hydrogen) atoms. The van der Waals surface area contributed by atoms with Crippen LogP contribution in [0.3, 0.4) is 0 Å². The average molecular weight is 427 g/mol. The molecule has 0 aliphatic heterocycles. The van der Waals surface area contributed by atoms with E-state index in [1.165, 1.54) is 0 Å². The van der Waals surface area contributed by atoms with Crippen LogP contribution in [0.2, 0.25) is 15.1 Å². The van der Waals surface area contributed by atoms with Gasteiger partial charge in [0.05, 0.1) is 11.1 Å². The maximum atomic E-state index is 10.2. The molecule has 0 aliphatic carbocycles. The summed E-state index contributed by atoms with van der Waals surface area (Å²) in [5.74, 6) is 0. The molecular formula is C14H10Cl3IO. The van der Waals surface area contributed by atoms with E-state index in [0.717, 1.165) is 14.7 Å². The monoisotopic (exact) mass is 426 g/mol. The van der Waals surface area contributed by atoms with Crippen molar-refractivity contribution in [2.45, 2.75) is 12.5 Å². The van der Waals surface area contributed by atoms with Gasteiger partial charge in [-0.15, -0.1) is 0 Å². The molecule has 0 saturated heterocycles. The van der Waals surface area contributed by atoms with Crippen LogP contribution in [0.4, 0.5) is 0 Å². The van der Waals surface area contributed by atoms with E-state index in [0.29, 0.717) is 21.5 Å². The van der Waals surface area contributed by atoms with E-state index in [2.05, 4.69) is 22.6 Å². The van der Waals surface area contributed by atoms with Crippen molar-refractivity contribution in [1.82, 2.24) is 0 Å². The summed E-state index contributed by atoms with van der Waals surface area (Å²) < 4.78 is 0.955. The van der Waals surface area contributed by atoms with Gasteiger partial charge in [0.15, 0.2) is 0 Å². The highest BCUT2D eigenvalue weighted by Crippen LogP contribution is 2.28. The highest BCUT2D eigenvalue weighted by molar-refractivity contribution is 14.1. The molecule has 1 unspecified atom stereocenters. The van der Waals surface area contributed by atoms with Crippen molar-refractivity contribution in [3.8, 4) is 0 Å². The van der Waals surface area contributed by atoms with Gasteiger partial charge in [-0.05, 0) is 64.0 Å². The summed E-state index contributed by atoms with van der Waals surface area (Å²) in [6.07, 6.45) is -0.262. The lowest BCUT2D eigenvalue weighted by Crippen LogP contribution is -2.02. The minimum absolute atomic E-state index is 0.399. The Bertz CT molecular complexity index is 601. The van der Waals surface area contributed by atoms with Crippen LogP contribution in [0, 0.1) is 3.57 Å². The summed E-state index contributed by atoms with van der Waals surface area (Å²) in [5, 5.41) is 12.1. The Morgan fingerprint density at radius 1 is 1.00 bits per heavy atom. The number of aliphatic hydroxyl groups is 1. The molecule has 1 nitrogen and oxygen atoms in total. The number of halogens is 4. The Kier molecular flexibility index (Phi) is 5.37. The van der Waals surface area contributed by atoms with E-state index in [4.69, 9.17) is 34.8 Å². The largest absolute Gasteiger partial charge is 0.388 e. The Hall–Kier alpha value is -0.0000000000000000555. The van der Waals surface area contributed by atoms with Gasteiger partial charge in [-0.2, -0.15) is 0 Å². The van der Waals surface area contributed by atoms with Crippen molar-refractivity contribution >= 4 is 57.4 Å². The van der Waals surface area contributed by atoms with Crippen LogP contribution in [0.15, 0.2) is 36.4 Å². The van der Waals surface area contributed by atoms with Gasteiger partial charge < -0.3 is 5.11 Å². The van der Waals surface area contributed by atoms with E-state index in [-0.39, 0.29) is 0 Å². The first-order valence-corrected chi connectivity index (χ1v) is 7.75. The third-order valence-electron chi connectivity index (χ3n) is 2.75. The molecule has 0 heterocycles. The summed E-state index contributed by atoms with van der Waals surface area (Å²) in [5.41, 5.74) is 1.58. The molecule has 2 aromatic carbocycles. The zero-order chi connectivity index (χ0) is 14.0. The highest BCUT2D eigenvalue weighted by Gasteiger charge is 2.12. The molecule has 2 aromatic rings. The molecule has 0 radical (unpaired) electrons. The second kappa shape index (κ2) is 6.64. The van der Waals surface area contributed by atoms with Crippen LogP contribution in [0.5, 0.6) is 0 Å². The van der Waals surface area contributed by atoms with Gasteiger partial charge in [-0.25, -0.2) is 0 Å². The second-order valence-electron chi connectivity index (χ2n) is 4.13. The topological polar surface area (TPSA) is 20.2 Å². The minimum atomic E-state index is -0.662. The molecule has 0 aromatic heterocycles.